The van der Waals surface area contributed by atoms with Gasteiger partial charge in [0.2, 0.25) is 5.91 Å². The summed E-state index contributed by atoms with van der Waals surface area (Å²) >= 11 is 0. The third-order valence-corrected chi connectivity index (χ3v) is 4.97. The van der Waals surface area contributed by atoms with E-state index in [1.54, 1.807) is 18.4 Å². The first-order valence-electron chi connectivity index (χ1n) is 8.43. The maximum atomic E-state index is 13.1. The second-order valence-electron chi connectivity index (χ2n) is 6.66. The number of hydrogen-bond donors (Lipinski definition) is 1. The molecule has 4 rings (SSSR count). The highest BCUT2D eigenvalue weighted by Crippen LogP contribution is 2.40. The predicted molar refractivity (Wildman–Crippen MR) is 87.1 cm³/mol. The van der Waals surface area contributed by atoms with Crippen molar-refractivity contribution in [2.24, 2.45) is 5.92 Å². The van der Waals surface area contributed by atoms with Gasteiger partial charge in [-0.25, -0.2) is 0 Å². The summed E-state index contributed by atoms with van der Waals surface area (Å²) in [5.74, 6) is 1.08. The summed E-state index contributed by atoms with van der Waals surface area (Å²) in [6.07, 6.45) is 4.83. The summed E-state index contributed by atoms with van der Waals surface area (Å²) in [6.45, 7) is 0.939. The minimum absolute atomic E-state index is 0.0455. The van der Waals surface area contributed by atoms with E-state index >= 15 is 0 Å². The number of rotatable bonds is 5. The zero-order chi connectivity index (χ0) is 16.5. The van der Waals surface area contributed by atoms with E-state index in [1.165, 1.54) is 0 Å². The maximum Gasteiger partial charge on any atom is 0.229 e. The topological polar surface area (TPSA) is 62.9 Å². The molecule has 24 heavy (non-hydrogen) atoms. The zero-order valence-electron chi connectivity index (χ0n) is 13.4. The molecule has 3 heterocycles. The summed E-state index contributed by atoms with van der Waals surface area (Å²) in [5.41, 5.74) is 0.983. The molecule has 2 aromatic rings. The highest BCUT2D eigenvalue weighted by Gasteiger charge is 2.45. The van der Waals surface area contributed by atoms with Crippen LogP contribution in [0.4, 0.5) is 0 Å². The van der Waals surface area contributed by atoms with E-state index in [2.05, 4.69) is 0 Å². The van der Waals surface area contributed by atoms with Gasteiger partial charge in [-0.2, -0.15) is 0 Å². The van der Waals surface area contributed by atoms with Crippen LogP contribution in [0.3, 0.4) is 0 Å². The van der Waals surface area contributed by atoms with E-state index in [-0.39, 0.29) is 29.8 Å². The van der Waals surface area contributed by atoms with Crippen LogP contribution in [-0.4, -0.2) is 28.1 Å². The van der Waals surface area contributed by atoms with Crippen LogP contribution in [0.15, 0.2) is 47.1 Å². The third kappa shape index (κ3) is 3.04. The number of phenols is 1. The first-order valence-corrected chi connectivity index (χ1v) is 8.43. The fourth-order valence-corrected chi connectivity index (χ4v) is 3.76. The average molecular weight is 327 g/mol. The van der Waals surface area contributed by atoms with Gasteiger partial charge in [-0.1, -0.05) is 12.1 Å². The van der Waals surface area contributed by atoms with Gasteiger partial charge in [-0.15, -0.1) is 0 Å². The number of carbonyl (C=O) groups is 1. The van der Waals surface area contributed by atoms with Crippen LogP contribution in [0.25, 0.3) is 0 Å². The Morgan fingerprint density at radius 1 is 1.17 bits per heavy atom. The number of phenolic OH excluding ortho intramolecular Hbond substituents is 1. The van der Waals surface area contributed by atoms with Crippen molar-refractivity contribution < 1.29 is 19.1 Å². The largest absolute Gasteiger partial charge is 0.508 e. The van der Waals surface area contributed by atoms with Gasteiger partial charge in [0, 0.05) is 6.54 Å². The van der Waals surface area contributed by atoms with Crippen molar-refractivity contribution in [3.8, 4) is 5.75 Å². The standard InChI is InChI=1S/C19H21NO4/c21-14-5-3-13(4-6-14)11-20(12-16-2-1-9-23-16)19(22)17-10-15-7-8-18(17)24-15/h1-6,9,15,17-18,21H,7-8,10-12H2/t15-,17+,18-/m1/s1. The highest BCUT2D eigenvalue weighted by atomic mass is 16.5. The smallest absolute Gasteiger partial charge is 0.229 e. The monoisotopic (exact) mass is 327 g/mol. The van der Waals surface area contributed by atoms with Crippen LogP contribution in [0.5, 0.6) is 5.75 Å². The number of ether oxygens (including phenoxy) is 1. The molecule has 2 aliphatic heterocycles. The molecular weight excluding hydrogens is 306 g/mol. The van der Waals surface area contributed by atoms with Crippen LogP contribution in [0, 0.1) is 5.92 Å². The molecule has 1 amide bonds. The van der Waals surface area contributed by atoms with E-state index in [1.807, 2.05) is 29.2 Å². The molecule has 2 aliphatic rings. The molecule has 0 radical (unpaired) electrons. The average Bonchev–Trinajstić information content (AvgIpc) is 3.33. The number of fused-ring (bicyclic) bond motifs is 2. The molecule has 0 aliphatic carbocycles. The number of hydrogen-bond acceptors (Lipinski definition) is 4. The van der Waals surface area contributed by atoms with E-state index in [4.69, 9.17) is 9.15 Å². The van der Waals surface area contributed by atoms with Crippen molar-refractivity contribution in [2.45, 2.75) is 44.6 Å². The molecule has 5 nitrogen and oxygen atoms in total. The SMILES string of the molecule is O=C([C@H]1C[C@H]2CC[C@H]1O2)N(Cc1ccc(O)cc1)Cc1ccco1. The Kier molecular flexibility index (Phi) is 4.02. The number of furan rings is 1. The fraction of sp³-hybridized carbons (Fsp3) is 0.421. The second-order valence-corrected chi connectivity index (χ2v) is 6.66. The van der Waals surface area contributed by atoms with Crippen molar-refractivity contribution >= 4 is 5.91 Å². The first-order chi connectivity index (χ1) is 11.7. The van der Waals surface area contributed by atoms with Gasteiger partial charge < -0.3 is 19.2 Å². The van der Waals surface area contributed by atoms with Crippen molar-refractivity contribution in [3.63, 3.8) is 0 Å². The molecule has 3 atom stereocenters. The third-order valence-electron chi connectivity index (χ3n) is 4.97. The predicted octanol–water partition coefficient (Wildman–Crippen LogP) is 3.08. The Balaban J connectivity index is 1.53. The number of benzene rings is 1. The van der Waals surface area contributed by atoms with Crippen molar-refractivity contribution in [2.75, 3.05) is 0 Å². The summed E-state index contributed by atoms with van der Waals surface area (Å²) < 4.78 is 11.3. The van der Waals surface area contributed by atoms with Crippen LogP contribution < -0.4 is 0 Å². The van der Waals surface area contributed by atoms with Crippen LogP contribution >= 0.6 is 0 Å². The number of amides is 1. The fourth-order valence-electron chi connectivity index (χ4n) is 3.76. The molecule has 1 N–H and O–H groups in total. The van der Waals surface area contributed by atoms with Gasteiger partial charge in [0.25, 0.3) is 0 Å². The summed E-state index contributed by atoms with van der Waals surface area (Å²) in [5, 5.41) is 9.44. The summed E-state index contributed by atoms with van der Waals surface area (Å²) in [4.78, 5) is 14.9. The first kappa shape index (κ1) is 15.3. The summed E-state index contributed by atoms with van der Waals surface area (Å²) in [7, 11) is 0. The van der Waals surface area contributed by atoms with Crippen LogP contribution in [0.1, 0.15) is 30.6 Å². The Labute approximate surface area is 140 Å². The van der Waals surface area contributed by atoms with Gasteiger partial charge >= 0.3 is 0 Å². The molecule has 2 bridgehead atoms. The summed E-state index contributed by atoms with van der Waals surface area (Å²) in [6, 6.07) is 10.7. The van der Waals surface area contributed by atoms with Gasteiger partial charge in [-0.05, 0) is 49.1 Å². The quantitative estimate of drug-likeness (QED) is 0.917. The van der Waals surface area contributed by atoms with Crippen molar-refractivity contribution in [3.05, 3.63) is 54.0 Å². The van der Waals surface area contributed by atoms with Gasteiger partial charge in [0.05, 0.1) is 30.9 Å². The molecule has 0 spiro atoms. The van der Waals surface area contributed by atoms with Gasteiger partial charge in [0.1, 0.15) is 11.5 Å². The van der Waals surface area contributed by atoms with E-state index in [0.717, 1.165) is 30.6 Å². The molecular formula is C19H21NO4. The van der Waals surface area contributed by atoms with Gasteiger partial charge in [0.15, 0.2) is 0 Å². The number of nitrogens with zero attached hydrogens (tertiary/aromatic N) is 1. The maximum absolute atomic E-state index is 13.1. The molecule has 5 heteroatoms. The molecule has 126 valence electrons. The second kappa shape index (κ2) is 6.32. The van der Waals surface area contributed by atoms with Crippen LogP contribution in [-0.2, 0) is 22.6 Å². The number of carbonyl (C=O) groups excluding carboxylic acids is 1. The lowest BCUT2D eigenvalue weighted by Gasteiger charge is -2.27. The van der Waals surface area contributed by atoms with E-state index in [0.29, 0.717) is 13.1 Å². The normalized spacial score (nSPS) is 25.1. The zero-order valence-corrected chi connectivity index (χ0v) is 13.4. The molecule has 1 aromatic carbocycles. The van der Waals surface area contributed by atoms with E-state index < -0.39 is 0 Å². The van der Waals surface area contributed by atoms with Crippen molar-refractivity contribution in [1.29, 1.82) is 0 Å². The molecule has 0 unspecified atom stereocenters. The van der Waals surface area contributed by atoms with E-state index in [9.17, 15) is 9.90 Å². The Hall–Kier alpha value is -2.27. The molecule has 0 saturated carbocycles. The lowest BCUT2D eigenvalue weighted by Crippen LogP contribution is -2.39. The Bertz CT molecular complexity index is 695. The minimum atomic E-state index is -0.0455. The minimum Gasteiger partial charge on any atom is -0.508 e. The molecule has 2 saturated heterocycles. The molecule has 1 aromatic heterocycles. The lowest BCUT2D eigenvalue weighted by atomic mass is 9.88. The number of aromatic hydroxyl groups is 1. The van der Waals surface area contributed by atoms with Gasteiger partial charge in [-0.3, -0.25) is 4.79 Å². The lowest BCUT2D eigenvalue weighted by molar-refractivity contribution is -0.138. The molecule has 2 fully saturated rings. The van der Waals surface area contributed by atoms with Crippen LogP contribution in [0.2, 0.25) is 0 Å². The Morgan fingerprint density at radius 3 is 2.62 bits per heavy atom. The van der Waals surface area contributed by atoms with Crippen molar-refractivity contribution in [1.82, 2.24) is 4.90 Å². The Morgan fingerprint density at radius 2 is 2.00 bits per heavy atom. The highest BCUT2D eigenvalue weighted by molar-refractivity contribution is 5.80.